The summed E-state index contributed by atoms with van der Waals surface area (Å²) in [5, 5.41) is 10.5. The van der Waals surface area contributed by atoms with Crippen LogP contribution in [0.3, 0.4) is 0 Å². The molecule has 0 radical (unpaired) electrons. The van der Waals surface area contributed by atoms with Gasteiger partial charge in [-0.3, -0.25) is 4.79 Å². The van der Waals surface area contributed by atoms with Gasteiger partial charge >= 0.3 is 0 Å². The Bertz CT molecular complexity index is 545. The van der Waals surface area contributed by atoms with Crippen LogP contribution >= 0.6 is 0 Å². The van der Waals surface area contributed by atoms with Crippen LogP contribution in [-0.4, -0.2) is 48.3 Å². The van der Waals surface area contributed by atoms with E-state index < -0.39 is 0 Å². The van der Waals surface area contributed by atoms with Crippen molar-refractivity contribution < 1.29 is 14.6 Å². The number of carbonyl (C=O) groups is 1. The van der Waals surface area contributed by atoms with Gasteiger partial charge in [-0.2, -0.15) is 0 Å². The van der Waals surface area contributed by atoms with Crippen molar-refractivity contribution in [3.63, 3.8) is 0 Å². The minimum atomic E-state index is -0.123. The summed E-state index contributed by atoms with van der Waals surface area (Å²) in [6.45, 7) is 1.94. The number of hydrogen-bond acceptors (Lipinski definition) is 4. The molecule has 2 aliphatic rings. The van der Waals surface area contributed by atoms with Crippen molar-refractivity contribution >= 4 is 5.91 Å². The van der Waals surface area contributed by atoms with Crippen LogP contribution < -0.4 is 5.73 Å². The summed E-state index contributed by atoms with van der Waals surface area (Å²) in [4.78, 5) is 14.4. The van der Waals surface area contributed by atoms with Crippen molar-refractivity contribution in [3.05, 3.63) is 28.8 Å². The van der Waals surface area contributed by atoms with Gasteiger partial charge in [-0.15, -0.1) is 0 Å². The van der Waals surface area contributed by atoms with Crippen LogP contribution in [0.25, 0.3) is 0 Å². The molecular weight excluding hydrogens is 268 g/mol. The lowest BCUT2D eigenvalue weighted by molar-refractivity contribution is -0.0168. The second kappa shape index (κ2) is 6.03. The van der Waals surface area contributed by atoms with Gasteiger partial charge in [0.05, 0.1) is 18.3 Å². The number of aryl methyl sites for hydroxylation is 1. The topological polar surface area (TPSA) is 75.8 Å². The lowest BCUT2D eigenvalue weighted by Crippen LogP contribution is -2.48. The second-order valence-corrected chi connectivity index (χ2v) is 5.79. The highest BCUT2D eigenvalue weighted by atomic mass is 16.5. The first-order valence-corrected chi connectivity index (χ1v) is 7.65. The number of phenols is 1. The first-order valence-electron chi connectivity index (χ1n) is 7.65. The quantitative estimate of drug-likeness (QED) is 0.854. The molecule has 0 bridgehead atoms. The third-order valence-electron chi connectivity index (χ3n) is 4.42. The minimum Gasteiger partial charge on any atom is -0.507 e. The average molecular weight is 290 g/mol. The van der Waals surface area contributed by atoms with Crippen molar-refractivity contribution in [2.75, 3.05) is 26.2 Å². The number of carbonyl (C=O) groups excluding carboxylic acids is 1. The zero-order valence-electron chi connectivity index (χ0n) is 12.2. The average Bonchev–Trinajstić information content (AvgIpc) is 2.55. The summed E-state index contributed by atoms with van der Waals surface area (Å²) in [6, 6.07) is 3.75. The molecule has 21 heavy (non-hydrogen) atoms. The smallest absolute Gasteiger partial charge is 0.257 e. The minimum absolute atomic E-state index is 0.109. The Morgan fingerprint density at radius 1 is 1.38 bits per heavy atom. The number of morpholine rings is 1. The fraction of sp³-hybridized carbons (Fsp3) is 0.562. The van der Waals surface area contributed by atoms with E-state index in [1.165, 1.54) is 5.56 Å². The van der Waals surface area contributed by atoms with Gasteiger partial charge in [0.15, 0.2) is 0 Å². The molecule has 1 saturated heterocycles. The first-order chi connectivity index (χ1) is 10.2. The van der Waals surface area contributed by atoms with Gasteiger partial charge in [-0.05, 0) is 42.9 Å². The molecule has 0 spiro atoms. The summed E-state index contributed by atoms with van der Waals surface area (Å²) >= 11 is 0. The highest BCUT2D eigenvalue weighted by molar-refractivity contribution is 5.97. The molecule has 114 valence electrons. The van der Waals surface area contributed by atoms with E-state index >= 15 is 0 Å². The summed E-state index contributed by atoms with van der Waals surface area (Å²) in [7, 11) is 0. The third-order valence-corrected chi connectivity index (χ3v) is 4.42. The molecule has 1 fully saturated rings. The van der Waals surface area contributed by atoms with Crippen LogP contribution in [0.4, 0.5) is 0 Å². The number of rotatable bonds is 2. The summed E-state index contributed by atoms with van der Waals surface area (Å²) in [5.74, 6) is 0.0515. The van der Waals surface area contributed by atoms with Crippen molar-refractivity contribution in [3.8, 4) is 5.75 Å². The van der Waals surface area contributed by atoms with Gasteiger partial charge < -0.3 is 20.5 Å². The Kier molecular flexibility index (Phi) is 4.12. The van der Waals surface area contributed by atoms with Crippen LogP contribution in [0.5, 0.6) is 5.75 Å². The maximum atomic E-state index is 12.6. The molecule has 1 aromatic carbocycles. The predicted octanol–water partition coefficient (Wildman–Crippen LogP) is 1.07. The number of phenolic OH excluding ortho intramolecular Hbond substituents is 1. The monoisotopic (exact) mass is 290 g/mol. The van der Waals surface area contributed by atoms with Crippen LogP contribution in [0.15, 0.2) is 12.1 Å². The number of amides is 1. The van der Waals surface area contributed by atoms with Gasteiger partial charge in [-0.25, -0.2) is 0 Å². The Morgan fingerprint density at radius 3 is 3.00 bits per heavy atom. The predicted molar refractivity (Wildman–Crippen MR) is 79.4 cm³/mol. The number of aromatic hydroxyl groups is 1. The van der Waals surface area contributed by atoms with E-state index in [2.05, 4.69) is 0 Å². The molecule has 1 aliphatic heterocycles. The maximum Gasteiger partial charge on any atom is 0.257 e. The number of hydrogen-bond donors (Lipinski definition) is 2. The summed E-state index contributed by atoms with van der Waals surface area (Å²) in [5.41, 5.74) is 8.16. The maximum absolute atomic E-state index is 12.6. The molecule has 5 heteroatoms. The molecule has 5 nitrogen and oxygen atoms in total. The van der Waals surface area contributed by atoms with Gasteiger partial charge in [0.1, 0.15) is 5.75 Å². The largest absolute Gasteiger partial charge is 0.507 e. The Balaban J connectivity index is 1.84. The highest BCUT2D eigenvalue weighted by Gasteiger charge is 2.27. The fourth-order valence-corrected chi connectivity index (χ4v) is 3.20. The molecule has 3 rings (SSSR count). The van der Waals surface area contributed by atoms with Crippen molar-refractivity contribution in [2.24, 2.45) is 5.73 Å². The van der Waals surface area contributed by atoms with E-state index in [9.17, 15) is 9.90 Å². The van der Waals surface area contributed by atoms with E-state index in [-0.39, 0.29) is 17.8 Å². The SMILES string of the molecule is NCC1CN(C(=O)c2ccc3c(c2O)CCCC3)CCO1. The molecule has 1 aromatic rings. The standard InChI is InChI=1S/C16H22N2O3/c17-9-12-10-18(7-8-21-12)16(20)14-6-5-11-3-1-2-4-13(11)15(14)19/h5-6,12,19H,1-4,7-10,17H2. The molecule has 1 amide bonds. The van der Waals surface area contributed by atoms with Crippen molar-refractivity contribution in [2.45, 2.75) is 31.8 Å². The summed E-state index contributed by atoms with van der Waals surface area (Å²) < 4.78 is 5.48. The van der Waals surface area contributed by atoms with Crippen LogP contribution in [0.2, 0.25) is 0 Å². The number of nitrogens with two attached hydrogens (primary N) is 1. The first kappa shape index (κ1) is 14.4. The molecule has 0 saturated carbocycles. The molecule has 3 N–H and O–H groups in total. The third kappa shape index (κ3) is 2.76. The Morgan fingerprint density at radius 2 is 2.19 bits per heavy atom. The number of fused-ring (bicyclic) bond motifs is 1. The van der Waals surface area contributed by atoms with Gasteiger partial charge in [0.25, 0.3) is 5.91 Å². The lowest BCUT2D eigenvalue weighted by Gasteiger charge is -2.32. The van der Waals surface area contributed by atoms with Crippen molar-refractivity contribution in [1.29, 1.82) is 0 Å². The second-order valence-electron chi connectivity index (χ2n) is 5.79. The van der Waals surface area contributed by atoms with Gasteiger partial charge in [0, 0.05) is 19.6 Å². The van der Waals surface area contributed by atoms with E-state index in [0.29, 0.717) is 31.8 Å². The number of benzene rings is 1. The molecule has 1 unspecified atom stereocenters. The normalized spacial score (nSPS) is 22.0. The van der Waals surface area contributed by atoms with E-state index in [0.717, 1.165) is 31.2 Å². The molecule has 0 aromatic heterocycles. The lowest BCUT2D eigenvalue weighted by atomic mass is 9.89. The van der Waals surface area contributed by atoms with Gasteiger partial charge in [-0.1, -0.05) is 6.07 Å². The molecule has 1 atom stereocenters. The van der Waals surface area contributed by atoms with Crippen LogP contribution in [-0.2, 0) is 17.6 Å². The number of ether oxygens (including phenoxy) is 1. The fourth-order valence-electron chi connectivity index (χ4n) is 3.20. The molecule has 1 aliphatic carbocycles. The number of nitrogens with zero attached hydrogens (tertiary/aromatic N) is 1. The Labute approximate surface area is 124 Å². The molecular formula is C16H22N2O3. The van der Waals surface area contributed by atoms with Crippen LogP contribution in [0, 0.1) is 0 Å². The zero-order chi connectivity index (χ0) is 14.8. The van der Waals surface area contributed by atoms with Crippen molar-refractivity contribution in [1.82, 2.24) is 4.90 Å². The highest BCUT2D eigenvalue weighted by Crippen LogP contribution is 2.32. The van der Waals surface area contributed by atoms with E-state index in [1.807, 2.05) is 6.07 Å². The van der Waals surface area contributed by atoms with Gasteiger partial charge in [0.2, 0.25) is 0 Å². The molecule has 1 heterocycles. The van der Waals surface area contributed by atoms with Crippen LogP contribution in [0.1, 0.15) is 34.3 Å². The zero-order valence-corrected chi connectivity index (χ0v) is 12.2. The summed E-state index contributed by atoms with van der Waals surface area (Å²) in [6.07, 6.45) is 3.97. The Hall–Kier alpha value is -1.59. The van der Waals surface area contributed by atoms with E-state index in [1.54, 1.807) is 11.0 Å². The van der Waals surface area contributed by atoms with E-state index in [4.69, 9.17) is 10.5 Å².